The van der Waals surface area contributed by atoms with Gasteiger partial charge in [0.15, 0.2) is 11.5 Å². The van der Waals surface area contributed by atoms with Crippen LogP contribution >= 0.6 is 0 Å². The number of amides is 1. The van der Waals surface area contributed by atoms with E-state index in [4.69, 9.17) is 14.2 Å². The molecular weight excluding hydrogens is 408 g/mol. The Bertz CT molecular complexity index is 1030. The Morgan fingerprint density at radius 1 is 1.13 bits per heavy atom. The van der Waals surface area contributed by atoms with E-state index in [-0.39, 0.29) is 29.0 Å². The molecule has 1 saturated heterocycles. The Labute approximate surface area is 175 Å². The van der Waals surface area contributed by atoms with E-state index < -0.39 is 10.0 Å². The van der Waals surface area contributed by atoms with E-state index >= 15 is 0 Å². The molecule has 0 aliphatic carbocycles. The molecule has 0 saturated carbocycles. The van der Waals surface area contributed by atoms with Gasteiger partial charge in [0, 0.05) is 18.7 Å². The van der Waals surface area contributed by atoms with Gasteiger partial charge in [-0.3, -0.25) is 4.79 Å². The van der Waals surface area contributed by atoms with Crippen molar-refractivity contribution in [1.82, 2.24) is 9.62 Å². The Morgan fingerprint density at radius 3 is 2.63 bits per heavy atom. The van der Waals surface area contributed by atoms with Gasteiger partial charge in [-0.15, -0.1) is 0 Å². The van der Waals surface area contributed by atoms with E-state index in [1.807, 2.05) is 24.3 Å². The predicted octanol–water partition coefficient (Wildman–Crippen LogP) is 1.59. The maximum atomic E-state index is 13.0. The maximum absolute atomic E-state index is 13.0. The molecule has 9 heteroatoms. The van der Waals surface area contributed by atoms with Crippen LogP contribution in [0.25, 0.3) is 0 Å². The molecule has 2 aliphatic rings. The number of hydrogen-bond donors (Lipinski definition) is 1. The molecule has 0 spiro atoms. The Kier molecular flexibility index (Phi) is 5.94. The largest absolute Gasteiger partial charge is 0.486 e. The molecule has 1 atom stereocenters. The standard InChI is InChI=1S/C21H24N2O6S/c1-15-6-7-16(12-20(15)30(25,26)23-8-10-27-11-9-23)21(24)22-13-17-14-28-18-4-2-3-5-19(18)29-17/h2-7,12,17H,8-11,13-14H2,1H3,(H,22,24). The summed E-state index contributed by atoms with van der Waals surface area (Å²) in [4.78, 5) is 12.8. The second kappa shape index (κ2) is 8.63. The number of nitrogens with one attached hydrogen (secondary N) is 1. The first kappa shape index (κ1) is 20.6. The van der Waals surface area contributed by atoms with Crippen molar-refractivity contribution in [3.63, 3.8) is 0 Å². The fourth-order valence-electron chi connectivity index (χ4n) is 3.42. The highest BCUT2D eigenvalue weighted by Gasteiger charge is 2.28. The van der Waals surface area contributed by atoms with Crippen molar-refractivity contribution >= 4 is 15.9 Å². The summed E-state index contributed by atoms with van der Waals surface area (Å²) in [6.07, 6.45) is -0.328. The van der Waals surface area contributed by atoms with Crippen LogP contribution in [-0.4, -0.2) is 64.2 Å². The van der Waals surface area contributed by atoms with Gasteiger partial charge in [0.05, 0.1) is 24.7 Å². The van der Waals surface area contributed by atoms with Crippen LogP contribution in [0.1, 0.15) is 15.9 Å². The highest BCUT2D eigenvalue weighted by Crippen LogP contribution is 2.30. The third-order valence-electron chi connectivity index (χ3n) is 5.10. The first-order valence-electron chi connectivity index (χ1n) is 9.80. The van der Waals surface area contributed by atoms with Crippen LogP contribution < -0.4 is 14.8 Å². The average Bonchev–Trinajstić information content (AvgIpc) is 2.78. The van der Waals surface area contributed by atoms with Crippen molar-refractivity contribution in [1.29, 1.82) is 0 Å². The summed E-state index contributed by atoms with van der Waals surface area (Å²) in [6.45, 7) is 3.63. The Hall–Kier alpha value is -2.62. The molecule has 0 bridgehead atoms. The zero-order chi connectivity index (χ0) is 21.1. The van der Waals surface area contributed by atoms with Gasteiger partial charge in [-0.1, -0.05) is 18.2 Å². The lowest BCUT2D eigenvalue weighted by atomic mass is 10.1. The molecule has 1 amide bonds. The molecule has 0 radical (unpaired) electrons. The van der Waals surface area contributed by atoms with Crippen LogP contribution in [-0.2, 0) is 14.8 Å². The van der Waals surface area contributed by atoms with E-state index in [2.05, 4.69) is 5.32 Å². The quantitative estimate of drug-likeness (QED) is 0.771. The van der Waals surface area contributed by atoms with Crippen LogP contribution in [0.4, 0.5) is 0 Å². The third-order valence-corrected chi connectivity index (χ3v) is 7.14. The molecular formula is C21H24N2O6S. The van der Waals surface area contributed by atoms with Crippen LogP contribution in [0.2, 0.25) is 0 Å². The summed E-state index contributed by atoms with van der Waals surface area (Å²) in [5.41, 5.74) is 0.878. The molecule has 2 heterocycles. The van der Waals surface area contributed by atoms with Crippen LogP contribution in [0.5, 0.6) is 11.5 Å². The number of nitrogens with zero attached hydrogens (tertiary/aromatic N) is 1. The lowest BCUT2D eigenvalue weighted by Gasteiger charge is -2.27. The number of benzene rings is 2. The number of aryl methyl sites for hydroxylation is 1. The van der Waals surface area contributed by atoms with Crippen molar-refractivity contribution in [2.75, 3.05) is 39.5 Å². The number of para-hydroxylation sites is 2. The molecule has 1 unspecified atom stereocenters. The predicted molar refractivity (Wildman–Crippen MR) is 109 cm³/mol. The normalized spacial score (nSPS) is 19.3. The molecule has 0 aromatic heterocycles. The van der Waals surface area contributed by atoms with E-state index in [0.717, 1.165) is 0 Å². The monoisotopic (exact) mass is 432 g/mol. The second-order valence-electron chi connectivity index (χ2n) is 7.20. The molecule has 2 aromatic rings. The Morgan fingerprint density at radius 2 is 1.87 bits per heavy atom. The molecule has 30 heavy (non-hydrogen) atoms. The van der Waals surface area contributed by atoms with Crippen molar-refractivity contribution in [3.8, 4) is 11.5 Å². The molecule has 1 fully saturated rings. The van der Waals surface area contributed by atoms with Gasteiger partial charge in [-0.05, 0) is 36.8 Å². The van der Waals surface area contributed by atoms with Crippen molar-refractivity contribution in [2.45, 2.75) is 17.9 Å². The fraction of sp³-hybridized carbons (Fsp3) is 0.381. The van der Waals surface area contributed by atoms with Crippen LogP contribution in [0.15, 0.2) is 47.4 Å². The van der Waals surface area contributed by atoms with Gasteiger partial charge in [-0.25, -0.2) is 8.42 Å². The highest BCUT2D eigenvalue weighted by atomic mass is 32.2. The summed E-state index contributed by atoms with van der Waals surface area (Å²) in [5.74, 6) is 0.949. The second-order valence-corrected chi connectivity index (χ2v) is 9.11. The molecule has 4 rings (SSSR count). The molecule has 2 aliphatic heterocycles. The van der Waals surface area contributed by atoms with Crippen molar-refractivity contribution in [3.05, 3.63) is 53.6 Å². The number of carbonyl (C=O) groups is 1. The molecule has 2 aromatic carbocycles. The van der Waals surface area contributed by atoms with Gasteiger partial charge in [0.25, 0.3) is 5.91 Å². The summed E-state index contributed by atoms with van der Waals surface area (Å²) >= 11 is 0. The first-order chi connectivity index (χ1) is 14.4. The lowest BCUT2D eigenvalue weighted by molar-refractivity contribution is 0.0730. The topological polar surface area (TPSA) is 94.2 Å². The SMILES string of the molecule is Cc1ccc(C(=O)NCC2COc3ccccc3O2)cc1S(=O)(=O)N1CCOCC1. The number of carbonyl (C=O) groups excluding carboxylic acids is 1. The maximum Gasteiger partial charge on any atom is 0.251 e. The summed E-state index contributed by atoms with van der Waals surface area (Å²) in [7, 11) is -3.69. The van der Waals surface area contributed by atoms with Gasteiger partial charge < -0.3 is 19.5 Å². The first-order valence-corrected chi connectivity index (χ1v) is 11.2. The zero-order valence-electron chi connectivity index (χ0n) is 16.7. The van der Waals surface area contributed by atoms with E-state index in [0.29, 0.717) is 50.0 Å². The van der Waals surface area contributed by atoms with Crippen LogP contribution in [0.3, 0.4) is 0 Å². The molecule has 1 N–H and O–H groups in total. The van der Waals surface area contributed by atoms with Gasteiger partial charge in [0.2, 0.25) is 10.0 Å². The Balaban J connectivity index is 1.44. The fourth-order valence-corrected chi connectivity index (χ4v) is 5.08. The number of fused-ring (bicyclic) bond motifs is 1. The van der Waals surface area contributed by atoms with E-state index in [9.17, 15) is 13.2 Å². The average molecular weight is 432 g/mol. The summed E-state index contributed by atoms with van der Waals surface area (Å²) in [5, 5.41) is 2.80. The van der Waals surface area contributed by atoms with E-state index in [1.165, 1.54) is 10.4 Å². The molecule has 160 valence electrons. The number of morpholine rings is 1. The van der Waals surface area contributed by atoms with Gasteiger partial charge in [-0.2, -0.15) is 4.31 Å². The van der Waals surface area contributed by atoms with Gasteiger partial charge in [0.1, 0.15) is 12.7 Å². The number of hydrogen-bond acceptors (Lipinski definition) is 6. The van der Waals surface area contributed by atoms with Crippen LogP contribution in [0, 0.1) is 6.92 Å². The third kappa shape index (κ3) is 4.28. The van der Waals surface area contributed by atoms with Gasteiger partial charge >= 0.3 is 0 Å². The summed E-state index contributed by atoms with van der Waals surface area (Å²) in [6, 6.07) is 12.1. The van der Waals surface area contributed by atoms with Crippen molar-refractivity contribution < 1.29 is 27.4 Å². The minimum absolute atomic E-state index is 0.142. The lowest BCUT2D eigenvalue weighted by Crippen LogP contribution is -2.41. The highest BCUT2D eigenvalue weighted by molar-refractivity contribution is 7.89. The van der Waals surface area contributed by atoms with E-state index in [1.54, 1.807) is 19.1 Å². The number of rotatable bonds is 5. The number of ether oxygens (including phenoxy) is 3. The summed E-state index contributed by atoms with van der Waals surface area (Å²) < 4.78 is 44.1. The smallest absolute Gasteiger partial charge is 0.251 e. The minimum atomic E-state index is -3.69. The molecule has 8 nitrogen and oxygen atoms in total. The number of sulfonamides is 1. The minimum Gasteiger partial charge on any atom is -0.486 e. The zero-order valence-corrected chi connectivity index (χ0v) is 17.5. The van der Waals surface area contributed by atoms with Crippen molar-refractivity contribution in [2.24, 2.45) is 0 Å².